The number of rotatable bonds is 5. The molecule has 124 valence electrons. The van der Waals surface area contributed by atoms with Gasteiger partial charge in [0.15, 0.2) is 5.78 Å². The molecular weight excluding hydrogens is 312 g/mol. The van der Waals surface area contributed by atoms with Crippen molar-refractivity contribution < 1.29 is 14.5 Å². The second-order valence-corrected chi connectivity index (χ2v) is 5.63. The van der Waals surface area contributed by atoms with Gasteiger partial charge in [0.05, 0.1) is 11.0 Å². The van der Waals surface area contributed by atoms with Gasteiger partial charge in [-0.2, -0.15) is 5.10 Å². The Kier molecular flexibility index (Phi) is 4.37. The van der Waals surface area contributed by atoms with E-state index in [2.05, 4.69) is 5.10 Å². The van der Waals surface area contributed by atoms with Crippen molar-refractivity contribution in [3.05, 3.63) is 58.4 Å². The van der Waals surface area contributed by atoms with E-state index in [9.17, 15) is 19.7 Å². The average Bonchev–Trinajstić information content (AvgIpc) is 3.24. The molecule has 0 aliphatic carbocycles. The molecule has 0 bridgehead atoms. The minimum absolute atomic E-state index is 0.0760. The summed E-state index contributed by atoms with van der Waals surface area (Å²) < 4.78 is 1.23. The number of nitrogens with zero attached hydrogens (tertiary/aromatic N) is 4. The summed E-state index contributed by atoms with van der Waals surface area (Å²) in [6.45, 7) is 0.387. The summed E-state index contributed by atoms with van der Waals surface area (Å²) >= 11 is 0. The van der Waals surface area contributed by atoms with Crippen LogP contribution >= 0.6 is 0 Å². The number of nitro groups is 1. The van der Waals surface area contributed by atoms with Crippen LogP contribution in [0.15, 0.2) is 42.7 Å². The summed E-state index contributed by atoms with van der Waals surface area (Å²) in [6, 6.07) is 8.40. The second kappa shape index (κ2) is 6.61. The average molecular weight is 328 g/mol. The molecule has 1 aromatic carbocycles. The summed E-state index contributed by atoms with van der Waals surface area (Å²) in [7, 11) is 0. The van der Waals surface area contributed by atoms with Crippen molar-refractivity contribution >= 4 is 17.4 Å². The molecule has 1 aliphatic heterocycles. The Labute approximate surface area is 137 Å². The fourth-order valence-corrected chi connectivity index (χ4v) is 2.90. The lowest BCUT2D eigenvalue weighted by Crippen LogP contribution is -2.42. The number of aromatic nitrogens is 2. The Morgan fingerprint density at radius 2 is 2.04 bits per heavy atom. The Hall–Kier alpha value is -3.03. The topological polar surface area (TPSA) is 98.3 Å². The van der Waals surface area contributed by atoms with E-state index in [1.54, 1.807) is 29.2 Å². The second-order valence-electron chi connectivity index (χ2n) is 5.63. The third-order valence-electron chi connectivity index (χ3n) is 4.06. The third kappa shape index (κ3) is 3.17. The highest BCUT2D eigenvalue weighted by molar-refractivity contribution is 6.02. The molecule has 0 saturated carbocycles. The molecule has 0 N–H and O–H groups in total. The maximum atomic E-state index is 12.6. The molecule has 2 aromatic rings. The van der Waals surface area contributed by atoms with Crippen LogP contribution in [0, 0.1) is 10.1 Å². The summed E-state index contributed by atoms with van der Waals surface area (Å²) in [5, 5.41) is 14.5. The zero-order valence-electron chi connectivity index (χ0n) is 12.9. The first-order valence-corrected chi connectivity index (χ1v) is 7.62. The lowest BCUT2D eigenvalue weighted by molar-refractivity contribution is -0.385. The van der Waals surface area contributed by atoms with E-state index in [-0.39, 0.29) is 23.9 Å². The minimum Gasteiger partial charge on any atom is -0.331 e. The van der Waals surface area contributed by atoms with Gasteiger partial charge in [0.2, 0.25) is 5.91 Å². The first-order valence-electron chi connectivity index (χ1n) is 7.62. The SMILES string of the molecule is O=C(c1ccccc1)[C@@H]1CCCN1C(=O)Cn1cc([N+](=O)[O-])cn1. The zero-order chi connectivity index (χ0) is 17.1. The van der Waals surface area contributed by atoms with Gasteiger partial charge in [0.25, 0.3) is 0 Å². The predicted octanol–water partition coefficient (Wildman–Crippen LogP) is 1.67. The van der Waals surface area contributed by atoms with E-state index in [1.165, 1.54) is 10.9 Å². The fraction of sp³-hybridized carbons (Fsp3) is 0.312. The van der Waals surface area contributed by atoms with Crippen LogP contribution < -0.4 is 0 Å². The molecule has 8 heteroatoms. The maximum Gasteiger partial charge on any atom is 0.307 e. The number of likely N-dealkylation sites (tertiary alicyclic amines) is 1. The van der Waals surface area contributed by atoms with E-state index >= 15 is 0 Å². The summed E-state index contributed by atoms with van der Waals surface area (Å²) in [6.07, 6.45) is 3.69. The highest BCUT2D eigenvalue weighted by Crippen LogP contribution is 2.22. The van der Waals surface area contributed by atoms with Gasteiger partial charge in [-0.25, -0.2) is 0 Å². The van der Waals surface area contributed by atoms with Crippen molar-refractivity contribution in [2.24, 2.45) is 0 Å². The zero-order valence-corrected chi connectivity index (χ0v) is 12.9. The van der Waals surface area contributed by atoms with E-state index < -0.39 is 11.0 Å². The molecule has 1 saturated heterocycles. The lowest BCUT2D eigenvalue weighted by atomic mass is 10.0. The van der Waals surface area contributed by atoms with Crippen LogP contribution in [0.5, 0.6) is 0 Å². The molecule has 2 heterocycles. The standard InChI is InChI=1S/C16H16N4O4/c21-15(11-18-10-13(9-17-18)20(23)24)19-8-4-7-14(19)16(22)12-5-2-1-3-6-12/h1-3,5-6,9-10,14H,4,7-8,11H2/t14-/m0/s1. The molecule has 1 aliphatic rings. The molecule has 0 radical (unpaired) electrons. The number of carbonyl (C=O) groups is 2. The van der Waals surface area contributed by atoms with Gasteiger partial charge >= 0.3 is 5.69 Å². The van der Waals surface area contributed by atoms with Crippen molar-refractivity contribution in [2.75, 3.05) is 6.54 Å². The van der Waals surface area contributed by atoms with Crippen LogP contribution in [0.2, 0.25) is 0 Å². The van der Waals surface area contributed by atoms with Crippen LogP contribution in [0.25, 0.3) is 0 Å². The summed E-state index contributed by atoms with van der Waals surface area (Å²) in [5.74, 6) is -0.340. The van der Waals surface area contributed by atoms with Gasteiger partial charge < -0.3 is 4.90 Å². The van der Waals surface area contributed by atoms with Gasteiger partial charge in [-0.1, -0.05) is 30.3 Å². The number of carbonyl (C=O) groups excluding carboxylic acids is 2. The molecular formula is C16H16N4O4. The van der Waals surface area contributed by atoms with Crippen molar-refractivity contribution in [1.82, 2.24) is 14.7 Å². The molecule has 3 rings (SSSR count). The quantitative estimate of drug-likeness (QED) is 0.472. The molecule has 8 nitrogen and oxygen atoms in total. The Balaban J connectivity index is 1.71. The van der Waals surface area contributed by atoms with Crippen molar-refractivity contribution in [2.45, 2.75) is 25.4 Å². The lowest BCUT2D eigenvalue weighted by Gasteiger charge is -2.23. The van der Waals surface area contributed by atoms with Gasteiger partial charge in [-0.05, 0) is 12.8 Å². The molecule has 24 heavy (non-hydrogen) atoms. The van der Waals surface area contributed by atoms with Crippen molar-refractivity contribution in [3.63, 3.8) is 0 Å². The molecule has 1 atom stereocenters. The molecule has 1 amide bonds. The summed E-state index contributed by atoms with van der Waals surface area (Å²) in [4.78, 5) is 36.7. The Morgan fingerprint density at radius 3 is 2.71 bits per heavy atom. The first kappa shape index (κ1) is 15.9. The number of amides is 1. The third-order valence-corrected chi connectivity index (χ3v) is 4.06. The molecule has 0 unspecified atom stereocenters. The van der Waals surface area contributed by atoms with E-state index in [0.717, 1.165) is 12.6 Å². The van der Waals surface area contributed by atoms with Gasteiger partial charge in [0.1, 0.15) is 18.9 Å². The Bertz CT molecular complexity index is 771. The van der Waals surface area contributed by atoms with Crippen LogP contribution in [0.3, 0.4) is 0 Å². The van der Waals surface area contributed by atoms with Crippen LogP contribution in [-0.2, 0) is 11.3 Å². The highest BCUT2D eigenvalue weighted by atomic mass is 16.6. The van der Waals surface area contributed by atoms with Crippen molar-refractivity contribution in [3.8, 4) is 0 Å². The van der Waals surface area contributed by atoms with Crippen LogP contribution in [0.4, 0.5) is 5.69 Å². The fourth-order valence-electron chi connectivity index (χ4n) is 2.90. The maximum absolute atomic E-state index is 12.6. The van der Waals surface area contributed by atoms with E-state index in [0.29, 0.717) is 18.5 Å². The first-order chi connectivity index (χ1) is 11.6. The number of Topliss-reactive ketones (excluding diaryl/α,β-unsaturated/α-hetero) is 1. The number of hydrogen-bond acceptors (Lipinski definition) is 5. The monoisotopic (exact) mass is 328 g/mol. The number of benzene rings is 1. The van der Waals surface area contributed by atoms with E-state index in [4.69, 9.17) is 0 Å². The van der Waals surface area contributed by atoms with Gasteiger partial charge in [-0.3, -0.25) is 24.4 Å². The number of ketones is 1. The normalized spacial score (nSPS) is 17.0. The minimum atomic E-state index is -0.564. The summed E-state index contributed by atoms with van der Waals surface area (Å²) in [5.41, 5.74) is 0.415. The predicted molar refractivity (Wildman–Crippen MR) is 84.4 cm³/mol. The smallest absolute Gasteiger partial charge is 0.307 e. The van der Waals surface area contributed by atoms with Crippen molar-refractivity contribution in [1.29, 1.82) is 0 Å². The van der Waals surface area contributed by atoms with Crippen LogP contribution in [-0.4, -0.2) is 43.9 Å². The highest BCUT2D eigenvalue weighted by Gasteiger charge is 2.34. The largest absolute Gasteiger partial charge is 0.331 e. The Morgan fingerprint density at radius 1 is 1.29 bits per heavy atom. The molecule has 0 spiro atoms. The molecule has 1 aromatic heterocycles. The van der Waals surface area contributed by atoms with Gasteiger partial charge in [0, 0.05) is 12.1 Å². The number of hydrogen-bond donors (Lipinski definition) is 0. The van der Waals surface area contributed by atoms with Gasteiger partial charge in [-0.15, -0.1) is 0 Å². The van der Waals surface area contributed by atoms with E-state index in [1.807, 2.05) is 6.07 Å². The molecule has 1 fully saturated rings. The van der Waals surface area contributed by atoms with Crippen LogP contribution in [0.1, 0.15) is 23.2 Å².